The quantitative estimate of drug-likeness (QED) is 0.208. The first kappa shape index (κ1) is 21.9. The average Bonchev–Trinajstić information content (AvgIpc) is 3.30. The molecule has 0 spiro atoms. The van der Waals surface area contributed by atoms with Crippen LogP contribution in [-0.4, -0.2) is 71.4 Å². The van der Waals surface area contributed by atoms with Gasteiger partial charge in [0.05, 0.1) is 18.2 Å². The van der Waals surface area contributed by atoms with Crippen LogP contribution in [0.25, 0.3) is 10.4 Å². The lowest BCUT2D eigenvalue weighted by molar-refractivity contribution is -0.135. The molecule has 0 unspecified atom stereocenters. The van der Waals surface area contributed by atoms with Gasteiger partial charge in [0.1, 0.15) is 11.8 Å². The zero-order valence-electron chi connectivity index (χ0n) is 16.4. The molecule has 13 nitrogen and oxygen atoms in total. The zero-order chi connectivity index (χ0) is 22.5. The molecule has 0 saturated carbocycles. The second-order valence-electron chi connectivity index (χ2n) is 7.33. The van der Waals surface area contributed by atoms with Crippen molar-refractivity contribution in [3.63, 3.8) is 0 Å². The molecule has 2 fully saturated rings. The van der Waals surface area contributed by atoms with Crippen molar-refractivity contribution < 1.29 is 24.3 Å². The molecule has 3 rings (SSSR count). The molecule has 2 aliphatic rings. The van der Waals surface area contributed by atoms with Crippen LogP contribution >= 0.6 is 0 Å². The van der Waals surface area contributed by atoms with Gasteiger partial charge in [0.15, 0.2) is 0 Å². The van der Waals surface area contributed by atoms with Gasteiger partial charge in [-0.2, -0.15) is 0 Å². The lowest BCUT2D eigenvalue weighted by Gasteiger charge is -2.17. The minimum atomic E-state index is -0.714. The van der Waals surface area contributed by atoms with E-state index in [-0.39, 0.29) is 41.4 Å². The molecule has 4 amide bonds. The van der Waals surface area contributed by atoms with Crippen LogP contribution in [0.2, 0.25) is 0 Å². The van der Waals surface area contributed by atoms with Crippen molar-refractivity contribution in [3.05, 3.63) is 34.2 Å². The fourth-order valence-electron chi connectivity index (χ4n) is 3.62. The summed E-state index contributed by atoms with van der Waals surface area (Å²) in [4.78, 5) is 52.1. The van der Waals surface area contributed by atoms with E-state index in [0.717, 1.165) is 0 Å². The molecular weight excluding hydrogens is 408 g/mol. The molecule has 1 aromatic carbocycles. The molecular formula is C18H22N8O5. The van der Waals surface area contributed by atoms with Crippen molar-refractivity contribution in [1.82, 2.24) is 20.9 Å². The Balaban J connectivity index is 1.51. The number of phenols is 1. The smallest absolute Gasteiger partial charge is 0.255 e. The molecule has 13 heteroatoms. The number of likely N-dealkylation sites (tertiary alicyclic amines) is 1. The van der Waals surface area contributed by atoms with Crippen LogP contribution < -0.4 is 21.7 Å². The maximum absolute atomic E-state index is 12.5. The summed E-state index contributed by atoms with van der Waals surface area (Å²) in [7, 11) is 0. The number of primary amides is 1. The van der Waals surface area contributed by atoms with E-state index in [2.05, 4.69) is 26.0 Å². The van der Waals surface area contributed by atoms with E-state index >= 15 is 0 Å². The number of phenolic OH excluding ortho intramolecular Hbond substituents is 1. The number of nitrogens with two attached hydrogens (primary N) is 1. The van der Waals surface area contributed by atoms with Crippen LogP contribution in [0, 0.1) is 0 Å². The van der Waals surface area contributed by atoms with Gasteiger partial charge < -0.3 is 31.7 Å². The number of nitrogens with zero attached hydrogens (tertiary/aromatic N) is 4. The Hall–Kier alpha value is -3.83. The highest BCUT2D eigenvalue weighted by Gasteiger charge is 2.37. The fourth-order valence-corrected chi connectivity index (χ4v) is 3.62. The van der Waals surface area contributed by atoms with Crippen molar-refractivity contribution in [3.8, 4) is 5.75 Å². The summed E-state index contributed by atoms with van der Waals surface area (Å²) in [6, 6.07) is 2.23. The van der Waals surface area contributed by atoms with E-state index in [9.17, 15) is 24.3 Å². The summed E-state index contributed by atoms with van der Waals surface area (Å²) in [6.07, 6.45) is 0.677. The normalized spacial score (nSPS) is 22.6. The summed E-state index contributed by atoms with van der Waals surface area (Å²) in [5.41, 5.74) is 13.7. The standard InChI is InChI=1S/C18H22N8O5/c19-15(28)8-26-4-3-12(18(26)31)23-17(30)13-5-10(7-21-13)22-16(29)11-2-1-9(24-25-20)6-14(11)27/h1-2,6,10,12-13,21,27H,3-5,7-8H2,(H2,19,28)(H,22,29)(H,23,30)/t10-,12-,13+/m1/s1. The molecule has 31 heavy (non-hydrogen) atoms. The summed E-state index contributed by atoms with van der Waals surface area (Å²) in [5, 5.41) is 21.7. The number of rotatable bonds is 7. The van der Waals surface area contributed by atoms with Crippen molar-refractivity contribution in [2.75, 3.05) is 19.6 Å². The summed E-state index contributed by atoms with van der Waals surface area (Å²) < 4.78 is 0. The van der Waals surface area contributed by atoms with Crippen LogP contribution in [0.5, 0.6) is 5.75 Å². The fraction of sp³-hybridized carbons (Fsp3) is 0.444. The van der Waals surface area contributed by atoms with Crippen molar-refractivity contribution in [2.24, 2.45) is 10.8 Å². The van der Waals surface area contributed by atoms with Gasteiger partial charge in [-0.15, -0.1) is 0 Å². The first-order valence-electron chi connectivity index (χ1n) is 9.58. The van der Waals surface area contributed by atoms with E-state index in [4.69, 9.17) is 11.3 Å². The molecule has 0 aromatic heterocycles. The molecule has 164 valence electrons. The lowest BCUT2D eigenvalue weighted by Crippen LogP contribution is -2.48. The van der Waals surface area contributed by atoms with Crippen molar-refractivity contribution >= 4 is 29.3 Å². The van der Waals surface area contributed by atoms with Gasteiger partial charge >= 0.3 is 0 Å². The van der Waals surface area contributed by atoms with Crippen LogP contribution in [-0.2, 0) is 14.4 Å². The topological polar surface area (TPSA) is 203 Å². The number of amides is 4. The Kier molecular flexibility index (Phi) is 6.58. The Morgan fingerprint density at radius 2 is 2.13 bits per heavy atom. The summed E-state index contributed by atoms with van der Waals surface area (Å²) >= 11 is 0. The van der Waals surface area contributed by atoms with Gasteiger partial charge in [-0.3, -0.25) is 19.2 Å². The SMILES string of the molecule is [N-]=[N+]=Nc1ccc(C(=O)N[C@H]2CN[C@H](C(=O)N[C@@H]3CCN(CC(N)=O)C3=O)C2)c(O)c1. The highest BCUT2D eigenvalue weighted by Crippen LogP contribution is 2.24. The molecule has 0 bridgehead atoms. The summed E-state index contributed by atoms with van der Waals surface area (Å²) in [6.45, 7) is 0.483. The maximum atomic E-state index is 12.5. The van der Waals surface area contributed by atoms with Crippen LogP contribution in [0.15, 0.2) is 23.3 Å². The Bertz CT molecular complexity index is 960. The number of carbonyl (C=O) groups is 4. The van der Waals surface area contributed by atoms with Gasteiger partial charge in [0.2, 0.25) is 17.7 Å². The molecule has 2 aliphatic heterocycles. The molecule has 0 aliphatic carbocycles. The van der Waals surface area contributed by atoms with Gasteiger partial charge in [-0.05, 0) is 30.5 Å². The number of carbonyl (C=O) groups excluding carboxylic acids is 4. The average molecular weight is 430 g/mol. The van der Waals surface area contributed by atoms with Gasteiger partial charge in [0.25, 0.3) is 5.91 Å². The maximum Gasteiger partial charge on any atom is 0.255 e. The highest BCUT2D eigenvalue weighted by atomic mass is 16.3. The number of aromatic hydroxyl groups is 1. The summed E-state index contributed by atoms with van der Waals surface area (Å²) in [5.74, 6) is -2.21. The van der Waals surface area contributed by atoms with Crippen LogP contribution in [0.4, 0.5) is 5.69 Å². The van der Waals surface area contributed by atoms with E-state index in [1.54, 1.807) is 0 Å². The monoisotopic (exact) mass is 430 g/mol. The Morgan fingerprint density at radius 3 is 2.81 bits per heavy atom. The zero-order valence-corrected chi connectivity index (χ0v) is 16.4. The van der Waals surface area contributed by atoms with E-state index in [1.807, 2.05) is 0 Å². The highest BCUT2D eigenvalue weighted by molar-refractivity contribution is 5.97. The van der Waals surface area contributed by atoms with Gasteiger partial charge in [0, 0.05) is 29.7 Å². The van der Waals surface area contributed by atoms with Crippen LogP contribution in [0.1, 0.15) is 23.2 Å². The molecule has 3 atom stereocenters. The predicted molar refractivity (Wildman–Crippen MR) is 107 cm³/mol. The Labute approximate surface area is 176 Å². The second kappa shape index (κ2) is 9.32. The third-order valence-electron chi connectivity index (χ3n) is 5.13. The predicted octanol–water partition coefficient (Wildman–Crippen LogP) is -1.00. The molecule has 6 N–H and O–H groups in total. The molecule has 0 radical (unpaired) electrons. The van der Waals surface area contributed by atoms with Crippen molar-refractivity contribution in [1.29, 1.82) is 0 Å². The molecule has 2 saturated heterocycles. The number of hydrogen-bond donors (Lipinski definition) is 5. The first-order chi connectivity index (χ1) is 14.8. The number of benzene rings is 1. The van der Waals surface area contributed by atoms with E-state index in [1.165, 1.54) is 23.1 Å². The minimum absolute atomic E-state index is 0.0101. The van der Waals surface area contributed by atoms with Crippen LogP contribution in [0.3, 0.4) is 0 Å². The van der Waals surface area contributed by atoms with E-state index < -0.39 is 23.9 Å². The Morgan fingerprint density at radius 1 is 1.35 bits per heavy atom. The third kappa shape index (κ3) is 5.21. The third-order valence-corrected chi connectivity index (χ3v) is 5.13. The lowest BCUT2D eigenvalue weighted by atomic mass is 10.1. The largest absolute Gasteiger partial charge is 0.507 e. The van der Waals surface area contributed by atoms with Gasteiger partial charge in [-0.1, -0.05) is 11.2 Å². The van der Waals surface area contributed by atoms with E-state index in [0.29, 0.717) is 25.9 Å². The first-order valence-corrected chi connectivity index (χ1v) is 9.58. The number of azide groups is 1. The van der Waals surface area contributed by atoms with Crippen molar-refractivity contribution in [2.45, 2.75) is 31.0 Å². The minimum Gasteiger partial charge on any atom is -0.507 e. The second-order valence-corrected chi connectivity index (χ2v) is 7.33. The van der Waals surface area contributed by atoms with Gasteiger partial charge in [-0.25, -0.2) is 0 Å². The molecule has 1 aromatic rings. The molecule has 2 heterocycles. The number of nitrogens with one attached hydrogen (secondary N) is 3. The number of hydrogen-bond acceptors (Lipinski definition) is 7.